The van der Waals surface area contributed by atoms with E-state index in [-0.39, 0.29) is 0 Å². The fraction of sp³-hybridized carbons (Fsp3) is 0.250. The average Bonchev–Trinajstić information content (AvgIpc) is 2.30. The van der Waals surface area contributed by atoms with E-state index in [4.69, 9.17) is 16.9 Å². The van der Waals surface area contributed by atoms with Gasteiger partial charge in [-0.05, 0) is 30.7 Å². The fourth-order valence-electron chi connectivity index (χ4n) is 1.66. The predicted octanol–water partition coefficient (Wildman–Crippen LogP) is 3.00. The largest absolute Gasteiger partial charge is 0.367 e. The third kappa shape index (κ3) is 2.31. The second-order valence-corrected chi connectivity index (χ2v) is 3.95. The van der Waals surface area contributed by atoms with E-state index in [9.17, 15) is 0 Å². The molecule has 0 spiro atoms. The molecule has 0 N–H and O–H groups in total. The summed E-state index contributed by atoms with van der Waals surface area (Å²) < 4.78 is 0. The molecule has 1 aromatic rings. The van der Waals surface area contributed by atoms with E-state index in [1.165, 1.54) is 0 Å². The van der Waals surface area contributed by atoms with Gasteiger partial charge >= 0.3 is 0 Å². The Morgan fingerprint density at radius 3 is 2.53 bits per heavy atom. The number of nitrogens with zero attached hydrogens (tertiary/aromatic N) is 2. The first-order valence-electron chi connectivity index (χ1n) is 4.89. The molecule has 0 amide bonds. The van der Waals surface area contributed by atoms with E-state index in [2.05, 4.69) is 11.0 Å². The predicted molar refractivity (Wildman–Crippen MR) is 62.0 cm³/mol. The molecule has 0 radical (unpaired) electrons. The highest BCUT2D eigenvalue weighted by Crippen LogP contribution is 2.21. The van der Waals surface area contributed by atoms with E-state index in [0.29, 0.717) is 0 Å². The lowest BCUT2D eigenvalue weighted by molar-refractivity contribution is 0.802. The fourth-order valence-corrected chi connectivity index (χ4v) is 1.78. The maximum atomic E-state index is 8.73. The van der Waals surface area contributed by atoms with Crippen molar-refractivity contribution in [2.24, 2.45) is 0 Å². The zero-order chi connectivity index (χ0) is 10.7. The highest BCUT2D eigenvalue weighted by molar-refractivity contribution is 6.30. The molecule has 0 fully saturated rings. The Hall–Kier alpha value is -1.46. The van der Waals surface area contributed by atoms with E-state index in [0.717, 1.165) is 35.8 Å². The molecular formula is C12H11ClN2. The van der Waals surface area contributed by atoms with Gasteiger partial charge in [-0.1, -0.05) is 17.7 Å². The summed E-state index contributed by atoms with van der Waals surface area (Å²) in [5.74, 6) is 0. The number of hydrogen-bond acceptors (Lipinski definition) is 2. The monoisotopic (exact) mass is 218 g/mol. The van der Waals surface area contributed by atoms with Crippen molar-refractivity contribution in [2.75, 3.05) is 18.0 Å². The van der Waals surface area contributed by atoms with E-state index >= 15 is 0 Å². The van der Waals surface area contributed by atoms with Crippen LogP contribution in [0.2, 0.25) is 5.02 Å². The summed E-state index contributed by atoms with van der Waals surface area (Å²) in [7, 11) is 0. The molecule has 1 aliphatic rings. The van der Waals surface area contributed by atoms with E-state index in [1.54, 1.807) is 0 Å². The molecule has 3 heteroatoms. The molecule has 0 aromatic heterocycles. The molecule has 0 atom stereocenters. The zero-order valence-corrected chi connectivity index (χ0v) is 9.04. The van der Waals surface area contributed by atoms with Crippen molar-refractivity contribution in [2.45, 2.75) is 6.42 Å². The summed E-state index contributed by atoms with van der Waals surface area (Å²) >= 11 is 5.82. The number of hydrogen-bond donors (Lipinski definition) is 0. The van der Waals surface area contributed by atoms with Crippen molar-refractivity contribution in [1.29, 1.82) is 5.26 Å². The van der Waals surface area contributed by atoms with Gasteiger partial charge in [0.05, 0.1) is 6.07 Å². The topological polar surface area (TPSA) is 27.0 Å². The Labute approximate surface area is 94.4 Å². The van der Waals surface area contributed by atoms with Crippen LogP contribution in [0.5, 0.6) is 0 Å². The van der Waals surface area contributed by atoms with E-state index in [1.807, 2.05) is 30.3 Å². The van der Waals surface area contributed by atoms with Gasteiger partial charge in [0.15, 0.2) is 0 Å². The molecule has 1 aliphatic heterocycles. The zero-order valence-electron chi connectivity index (χ0n) is 8.28. The summed E-state index contributed by atoms with van der Waals surface area (Å²) in [6.07, 6.45) is 2.82. The van der Waals surface area contributed by atoms with Gasteiger partial charge in [0.25, 0.3) is 0 Å². The molecule has 0 bridgehead atoms. The SMILES string of the molecule is N#CC1=CCN(c2ccc(Cl)cc2)CC1. The highest BCUT2D eigenvalue weighted by Gasteiger charge is 2.11. The Kier molecular flexibility index (Phi) is 2.94. The van der Waals surface area contributed by atoms with Crippen LogP contribution in [0, 0.1) is 11.3 Å². The van der Waals surface area contributed by atoms with Crippen molar-refractivity contribution in [3.8, 4) is 6.07 Å². The molecule has 2 rings (SSSR count). The number of rotatable bonds is 1. The minimum absolute atomic E-state index is 0.754. The number of benzene rings is 1. The van der Waals surface area contributed by atoms with Crippen LogP contribution in [0.3, 0.4) is 0 Å². The summed E-state index contributed by atoms with van der Waals surface area (Å²) in [4.78, 5) is 2.23. The lowest BCUT2D eigenvalue weighted by Gasteiger charge is -2.26. The summed E-state index contributed by atoms with van der Waals surface area (Å²) in [5, 5.41) is 9.48. The third-order valence-electron chi connectivity index (χ3n) is 2.54. The van der Waals surface area contributed by atoms with Crippen LogP contribution in [0.25, 0.3) is 0 Å². The first-order valence-corrected chi connectivity index (χ1v) is 5.27. The quantitative estimate of drug-likeness (QED) is 0.725. The number of nitriles is 1. The van der Waals surface area contributed by atoms with Gasteiger partial charge in [-0.3, -0.25) is 0 Å². The molecule has 1 aromatic carbocycles. The number of halogens is 1. The second-order valence-electron chi connectivity index (χ2n) is 3.51. The first-order chi connectivity index (χ1) is 7.29. The lowest BCUT2D eigenvalue weighted by atomic mass is 10.1. The first kappa shape index (κ1) is 10.1. The van der Waals surface area contributed by atoms with Gasteiger partial charge in [0.2, 0.25) is 0 Å². The van der Waals surface area contributed by atoms with Gasteiger partial charge in [-0.15, -0.1) is 0 Å². The van der Waals surface area contributed by atoms with Crippen molar-refractivity contribution in [3.63, 3.8) is 0 Å². The van der Waals surface area contributed by atoms with Crippen molar-refractivity contribution < 1.29 is 0 Å². The minimum atomic E-state index is 0.754. The van der Waals surface area contributed by atoms with Gasteiger partial charge < -0.3 is 4.90 Å². The normalized spacial score (nSPS) is 15.7. The molecule has 15 heavy (non-hydrogen) atoms. The molecule has 1 heterocycles. The minimum Gasteiger partial charge on any atom is -0.367 e. The molecule has 2 nitrogen and oxygen atoms in total. The maximum absolute atomic E-state index is 8.73. The van der Waals surface area contributed by atoms with Gasteiger partial charge in [-0.25, -0.2) is 0 Å². The highest BCUT2D eigenvalue weighted by atomic mass is 35.5. The molecule has 76 valence electrons. The standard InChI is InChI=1S/C12H11ClN2/c13-11-1-3-12(4-2-11)15-7-5-10(9-14)6-8-15/h1-5H,6-8H2. The maximum Gasteiger partial charge on any atom is 0.0945 e. The summed E-state index contributed by atoms with van der Waals surface area (Å²) in [5.41, 5.74) is 2.05. The Morgan fingerprint density at radius 2 is 2.00 bits per heavy atom. The Balaban J connectivity index is 2.12. The van der Waals surface area contributed by atoms with Crippen LogP contribution in [0.15, 0.2) is 35.9 Å². The van der Waals surface area contributed by atoms with Crippen LogP contribution in [0.1, 0.15) is 6.42 Å². The Morgan fingerprint density at radius 1 is 1.27 bits per heavy atom. The van der Waals surface area contributed by atoms with Crippen LogP contribution in [-0.4, -0.2) is 13.1 Å². The van der Waals surface area contributed by atoms with Gasteiger partial charge in [0, 0.05) is 29.4 Å². The lowest BCUT2D eigenvalue weighted by Crippen LogP contribution is -2.28. The van der Waals surface area contributed by atoms with Crippen molar-refractivity contribution >= 4 is 17.3 Å². The smallest absolute Gasteiger partial charge is 0.0945 e. The second kappa shape index (κ2) is 4.37. The van der Waals surface area contributed by atoms with Crippen LogP contribution in [-0.2, 0) is 0 Å². The van der Waals surface area contributed by atoms with E-state index < -0.39 is 0 Å². The molecule has 0 saturated carbocycles. The van der Waals surface area contributed by atoms with Crippen molar-refractivity contribution in [3.05, 3.63) is 40.9 Å². The van der Waals surface area contributed by atoms with Crippen LogP contribution in [0.4, 0.5) is 5.69 Å². The van der Waals surface area contributed by atoms with Gasteiger partial charge in [0.1, 0.15) is 0 Å². The average molecular weight is 219 g/mol. The Bertz CT molecular complexity index is 414. The van der Waals surface area contributed by atoms with Crippen LogP contribution >= 0.6 is 11.6 Å². The van der Waals surface area contributed by atoms with Crippen molar-refractivity contribution in [1.82, 2.24) is 0 Å². The summed E-state index contributed by atoms with van der Waals surface area (Å²) in [6.45, 7) is 1.71. The molecule has 0 unspecified atom stereocenters. The van der Waals surface area contributed by atoms with Crippen LogP contribution < -0.4 is 4.90 Å². The molecule has 0 saturated heterocycles. The molecule has 0 aliphatic carbocycles. The molecular weight excluding hydrogens is 208 g/mol. The number of anilines is 1. The van der Waals surface area contributed by atoms with Gasteiger partial charge in [-0.2, -0.15) is 5.26 Å². The third-order valence-corrected chi connectivity index (χ3v) is 2.80. The summed E-state index contributed by atoms with van der Waals surface area (Å²) in [6, 6.07) is 9.99.